The molecule has 0 fully saturated rings. The summed E-state index contributed by atoms with van der Waals surface area (Å²) in [6, 6.07) is 0. The number of carboxylic acids is 2. The van der Waals surface area contributed by atoms with Crippen molar-refractivity contribution in [2.45, 2.75) is 38.5 Å². The fourth-order valence-corrected chi connectivity index (χ4v) is 1.54. The molecule has 11 nitrogen and oxygen atoms in total. The number of esters is 4. The van der Waals surface area contributed by atoms with Crippen LogP contribution in [0.1, 0.15) is 38.5 Å². The van der Waals surface area contributed by atoms with E-state index >= 15 is 0 Å². The SMILES string of the molecule is O=C([O-])CCC(=O)OC(=O)CC(CCO)C(=O)OC(=O)CCC(=O)O. The lowest BCUT2D eigenvalue weighted by Crippen LogP contribution is -2.27. The van der Waals surface area contributed by atoms with Gasteiger partial charge in [-0.15, -0.1) is 0 Å². The smallest absolute Gasteiger partial charge is 0.317 e. The van der Waals surface area contributed by atoms with Crippen molar-refractivity contribution in [1.82, 2.24) is 0 Å². The zero-order valence-corrected chi connectivity index (χ0v) is 13.1. The van der Waals surface area contributed by atoms with Crippen molar-refractivity contribution in [2.75, 3.05) is 6.61 Å². The summed E-state index contributed by atoms with van der Waals surface area (Å²) in [6.07, 6.45) is -3.32. The standard InChI is InChI=1S/C14H18O11/c15-6-5-8(14(23)25-12(21)4-2-10(18)19)7-13(22)24-11(20)3-1-9(16)17/h8,15H,1-7H2,(H,16,17)(H,18,19)/p-1. The van der Waals surface area contributed by atoms with Crippen LogP contribution in [-0.4, -0.2) is 52.6 Å². The second-order valence-corrected chi connectivity index (χ2v) is 4.82. The first kappa shape index (κ1) is 22.2. The topological polar surface area (TPSA) is 184 Å². The molecule has 0 aliphatic rings. The number of carbonyl (C=O) groups is 6. The van der Waals surface area contributed by atoms with Crippen LogP contribution in [0.3, 0.4) is 0 Å². The molecule has 0 aliphatic heterocycles. The van der Waals surface area contributed by atoms with Gasteiger partial charge in [-0.1, -0.05) is 0 Å². The van der Waals surface area contributed by atoms with Crippen molar-refractivity contribution < 1.29 is 53.6 Å². The first-order valence-electron chi connectivity index (χ1n) is 7.16. The molecule has 0 heterocycles. The second kappa shape index (κ2) is 11.7. The van der Waals surface area contributed by atoms with Gasteiger partial charge in [0.15, 0.2) is 0 Å². The molecule has 0 saturated carbocycles. The van der Waals surface area contributed by atoms with Crippen LogP contribution in [0.15, 0.2) is 0 Å². The minimum absolute atomic E-state index is 0.270. The van der Waals surface area contributed by atoms with Crippen molar-refractivity contribution in [1.29, 1.82) is 0 Å². The minimum Gasteiger partial charge on any atom is -0.550 e. The maximum Gasteiger partial charge on any atom is 0.317 e. The summed E-state index contributed by atoms with van der Waals surface area (Å²) >= 11 is 0. The maximum atomic E-state index is 11.7. The quantitative estimate of drug-likeness (QED) is 0.303. The Kier molecular flexibility index (Phi) is 10.4. The molecule has 0 bridgehead atoms. The number of ether oxygens (including phenoxy) is 2. The molecular weight excluding hydrogens is 344 g/mol. The average molecular weight is 361 g/mol. The molecule has 11 heteroatoms. The van der Waals surface area contributed by atoms with E-state index in [4.69, 9.17) is 10.2 Å². The summed E-state index contributed by atoms with van der Waals surface area (Å²) < 4.78 is 8.66. The summed E-state index contributed by atoms with van der Waals surface area (Å²) in [4.78, 5) is 66.2. The van der Waals surface area contributed by atoms with Crippen LogP contribution in [0.25, 0.3) is 0 Å². The number of hydrogen-bond donors (Lipinski definition) is 2. The van der Waals surface area contributed by atoms with Gasteiger partial charge in [0.25, 0.3) is 0 Å². The highest BCUT2D eigenvalue weighted by Gasteiger charge is 2.27. The number of aliphatic hydroxyl groups excluding tert-OH is 1. The van der Waals surface area contributed by atoms with E-state index in [1.807, 2.05) is 0 Å². The van der Waals surface area contributed by atoms with E-state index in [-0.39, 0.29) is 6.42 Å². The van der Waals surface area contributed by atoms with Crippen LogP contribution in [0.5, 0.6) is 0 Å². The predicted octanol–water partition coefficient (Wildman–Crippen LogP) is -2.09. The Balaban J connectivity index is 4.51. The van der Waals surface area contributed by atoms with E-state index in [1.165, 1.54) is 0 Å². The van der Waals surface area contributed by atoms with Crippen molar-refractivity contribution >= 4 is 35.8 Å². The molecule has 0 saturated heterocycles. The fraction of sp³-hybridized carbons (Fsp3) is 0.571. The normalized spacial score (nSPS) is 11.2. The largest absolute Gasteiger partial charge is 0.550 e. The second-order valence-electron chi connectivity index (χ2n) is 4.82. The number of carboxylic acid groups (broad SMARTS) is 2. The highest BCUT2D eigenvalue weighted by molar-refractivity contribution is 5.92. The number of aliphatic hydroxyl groups is 1. The highest BCUT2D eigenvalue weighted by atomic mass is 16.6. The first-order chi connectivity index (χ1) is 11.6. The third kappa shape index (κ3) is 11.4. The molecule has 1 atom stereocenters. The molecule has 0 aromatic rings. The lowest BCUT2D eigenvalue weighted by molar-refractivity contribution is -0.305. The number of rotatable bonds is 11. The van der Waals surface area contributed by atoms with E-state index in [9.17, 15) is 33.9 Å². The van der Waals surface area contributed by atoms with Gasteiger partial charge in [0.1, 0.15) is 0 Å². The van der Waals surface area contributed by atoms with Crippen LogP contribution in [0, 0.1) is 5.92 Å². The molecule has 140 valence electrons. The molecule has 0 spiro atoms. The number of carbonyl (C=O) groups excluding carboxylic acids is 5. The fourth-order valence-electron chi connectivity index (χ4n) is 1.54. The Labute approximate surface area is 141 Å². The Bertz CT molecular complexity index is 537. The molecule has 0 aromatic carbocycles. The van der Waals surface area contributed by atoms with Gasteiger partial charge in [-0.05, 0) is 12.8 Å². The van der Waals surface area contributed by atoms with Gasteiger partial charge >= 0.3 is 29.8 Å². The van der Waals surface area contributed by atoms with Crippen LogP contribution in [0.2, 0.25) is 0 Å². The molecule has 0 aliphatic carbocycles. The van der Waals surface area contributed by atoms with Crippen molar-refractivity contribution in [3.8, 4) is 0 Å². The average Bonchev–Trinajstić information content (AvgIpc) is 2.50. The maximum absolute atomic E-state index is 11.7. The van der Waals surface area contributed by atoms with Gasteiger partial charge in [0, 0.05) is 12.6 Å². The van der Waals surface area contributed by atoms with Crippen LogP contribution in [-0.2, 0) is 38.2 Å². The van der Waals surface area contributed by atoms with Crippen molar-refractivity contribution in [2.24, 2.45) is 5.92 Å². The number of aliphatic carboxylic acids is 2. The van der Waals surface area contributed by atoms with E-state index < -0.39 is 80.4 Å². The Hall–Kier alpha value is -2.82. The molecular formula is C14H17O11-. The van der Waals surface area contributed by atoms with Gasteiger partial charge in [-0.2, -0.15) is 0 Å². The molecule has 25 heavy (non-hydrogen) atoms. The monoisotopic (exact) mass is 361 g/mol. The summed E-state index contributed by atoms with van der Waals surface area (Å²) in [5.41, 5.74) is 0. The first-order valence-corrected chi connectivity index (χ1v) is 7.16. The molecule has 0 radical (unpaired) electrons. The van der Waals surface area contributed by atoms with Gasteiger partial charge in [0.2, 0.25) is 0 Å². The van der Waals surface area contributed by atoms with Gasteiger partial charge in [0.05, 0.1) is 31.6 Å². The number of hydrogen-bond acceptors (Lipinski definition) is 10. The summed E-state index contributed by atoms with van der Waals surface area (Å²) in [5, 5.41) is 27.5. The zero-order valence-electron chi connectivity index (χ0n) is 13.1. The van der Waals surface area contributed by atoms with Crippen LogP contribution in [0.4, 0.5) is 0 Å². The minimum atomic E-state index is -1.51. The van der Waals surface area contributed by atoms with Crippen molar-refractivity contribution in [3.63, 3.8) is 0 Å². The van der Waals surface area contributed by atoms with Crippen LogP contribution >= 0.6 is 0 Å². The van der Waals surface area contributed by atoms with Crippen LogP contribution < -0.4 is 5.11 Å². The van der Waals surface area contributed by atoms with Gasteiger partial charge < -0.3 is 29.6 Å². The summed E-state index contributed by atoms with van der Waals surface area (Å²) in [7, 11) is 0. The molecule has 2 N–H and O–H groups in total. The lowest BCUT2D eigenvalue weighted by atomic mass is 10.0. The van der Waals surface area contributed by atoms with Gasteiger partial charge in [-0.3, -0.25) is 24.0 Å². The molecule has 0 aromatic heterocycles. The summed E-state index contributed by atoms with van der Waals surface area (Å²) in [5.74, 6) is -8.67. The van der Waals surface area contributed by atoms with E-state index in [0.29, 0.717) is 0 Å². The molecule has 0 rings (SSSR count). The Morgan fingerprint density at radius 2 is 1.40 bits per heavy atom. The Morgan fingerprint density at radius 3 is 1.92 bits per heavy atom. The van der Waals surface area contributed by atoms with Gasteiger partial charge in [-0.25, -0.2) is 0 Å². The Morgan fingerprint density at radius 1 is 0.840 bits per heavy atom. The third-order valence-corrected chi connectivity index (χ3v) is 2.74. The third-order valence-electron chi connectivity index (χ3n) is 2.74. The molecule has 1 unspecified atom stereocenters. The van der Waals surface area contributed by atoms with E-state index in [2.05, 4.69) is 9.47 Å². The van der Waals surface area contributed by atoms with E-state index in [1.54, 1.807) is 0 Å². The highest BCUT2D eigenvalue weighted by Crippen LogP contribution is 2.13. The summed E-state index contributed by atoms with van der Waals surface area (Å²) in [6.45, 7) is -0.533. The van der Waals surface area contributed by atoms with E-state index in [0.717, 1.165) is 0 Å². The lowest BCUT2D eigenvalue weighted by Gasteiger charge is -2.13. The predicted molar refractivity (Wildman–Crippen MR) is 73.1 cm³/mol. The van der Waals surface area contributed by atoms with Crippen molar-refractivity contribution in [3.05, 3.63) is 0 Å². The molecule has 0 amide bonds. The zero-order chi connectivity index (χ0) is 19.4.